The van der Waals surface area contributed by atoms with Crippen LogP contribution in [0.1, 0.15) is 18.5 Å². The summed E-state index contributed by atoms with van der Waals surface area (Å²) in [5, 5.41) is 0. The third-order valence-corrected chi connectivity index (χ3v) is 4.41. The molecule has 0 amide bonds. The van der Waals surface area contributed by atoms with Crippen LogP contribution in [0.3, 0.4) is 0 Å². The van der Waals surface area contributed by atoms with Crippen LogP contribution in [0, 0.1) is 11.8 Å². The molecule has 0 N–H and O–H groups in total. The van der Waals surface area contributed by atoms with Crippen molar-refractivity contribution in [2.24, 2.45) is 11.8 Å². The van der Waals surface area contributed by atoms with Crippen molar-refractivity contribution < 1.29 is 0 Å². The lowest BCUT2D eigenvalue weighted by Crippen LogP contribution is -2.36. The molecule has 2 heterocycles. The topological polar surface area (TPSA) is 19.4 Å². The Morgan fingerprint density at radius 2 is 2.11 bits per heavy atom. The standard InChI is InChI=1S/C15H23N3/c1-17(2)15-11-18(10-14(15)12-6-7-12)9-13-5-3-4-8-16-13/h3-5,8,12,14-15H,6-7,9-11H2,1-2H3/t14-,15+/m0/s1. The van der Waals surface area contributed by atoms with E-state index in [4.69, 9.17) is 0 Å². The SMILES string of the molecule is CN(C)[C@@H]1CN(Cc2ccccn2)C[C@H]1C1CC1. The van der Waals surface area contributed by atoms with Crippen LogP contribution in [0.4, 0.5) is 0 Å². The molecular formula is C15H23N3. The van der Waals surface area contributed by atoms with Crippen LogP contribution < -0.4 is 0 Å². The number of likely N-dealkylation sites (tertiary alicyclic amines) is 1. The van der Waals surface area contributed by atoms with E-state index in [1.165, 1.54) is 31.6 Å². The minimum Gasteiger partial charge on any atom is -0.305 e. The van der Waals surface area contributed by atoms with Gasteiger partial charge >= 0.3 is 0 Å². The predicted molar refractivity (Wildman–Crippen MR) is 73.2 cm³/mol. The first-order valence-corrected chi connectivity index (χ1v) is 7.03. The van der Waals surface area contributed by atoms with Crippen LogP contribution in [-0.4, -0.2) is 48.0 Å². The van der Waals surface area contributed by atoms with Crippen molar-refractivity contribution in [3.05, 3.63) is 30.1 Å². The van der Waals surface area contributed by atoms with E-state index in [2.05, 4.69) is 41.0 Å². The lowest BCUT2D eigenvalue weighted by Gasteiger charge is -2.25. The number of hydrogen-bond acceptors (Lipinski definition) is 3. The van der Waals surface area contributed by atoms with E-state index >= 15 is 0 Å². The maximum atomic E-state index is 4.44. The molecular weight excluding hydrogens is 222 g/mol. The van der Waals surface area contributed by atoms with Gasteiger partial charge in [-0.05, 0) is 50.9 Å². The molecule has 0 radical (unpaired) electrons. The van der Waals surface area contributed by atoms with Crippen LogP contribution in [0.25, 0.3) is 0 Å². The minimum absolute atomic E-state index is 0.737. The van der Waals surface area contributed by atoms with Gasteiger partial charge in [0.1, 0.15) is 0 Å². The van der Waals surface area contributed by atoms with E-state index in [0.29, 0.717) is 0 Å². The highest BCUT2D eigenvalue weighted by Crippen LogP contribution is 2.42. The number of pyridine rings is 1. The number of nitrogens with zero attached hydrogens (tertiary/aromatic N) is 3. The number of likely N-dealkylation sites (N-methyl/N-ethyl adjacent to an activating group) is 1. The summed E-state index contributed by atoms with van der Waals surface area (Å²) in [6.45, 7) is 3.46. The van der Waals surface area contributed by atoms with Gasteiger partial charge in [0.15, 0.2) is 0 Å². The Hall–Kier alpha value is -0.930. The molecule has 2 fully saturated rings. The second-order valence-electron chi connectivity index (χ2n) is 6.05. The van der Waals surface area contributed by atoms with Gasteiger partial charge in [-0.3, -0.25) is 9.88 Å². The first-order valence-electron chi connectivity index (χ1n) is 7.03. The zero-order chi connectivity index (χ0) is 12.5. The molecule has 0 bridgehead atoms. The fraction of sp³-hybridized carbons (Fsp3) is 0.667. The average Bonchev–Trinajstić information content (AvgIpc) is 3.12. The molecule has 0 aromatic carbocycles. The zero-order valence-electron chi connectivity index (χ0n) is 11.4. The molecule has 1 aliphatic heterocycles. The van der Waals surface area contributed by atoms with Gasteiger partial charge in [0.05, 0.1) is 5.69 Å². The van der Waals surface area contributed by atoms with E-state index in [-0.39, 0.29) is 0 Å². The molecule has 1 aromatic rings. The summed E-state index contributed by atoms with van der Waals surface area (Å²) in [5.74, 6) is 1.87. The lowest BCUT2D eigenvalue weighted by molar-refractivity contribution is 0.233. The summed E-state index contributed by atoms with van der Waals surface area (Å²) >= 11 is 0. The number of rotatable bonds is 4. The van der Waals surface area contributed by atoms with Crippen molar-refractivity contribution in [1.29, 1.82) is 0 Å². The highest BCUT2D eigenvalue weighted by Gasteiger charge is 2.43. The molecule has 0 unspecified atom stereocenters. The predicted octanol–water partition coefficient (Wildman–Crippen LogP) is 1.85. The summed E-state index contributed by atoms with van der Waals surface area (Å²) in [6.07, 6.45) is 4.80. The monoisotopic (exact) mass is 245 g/mol. The Labute approximate surface area is 110 Å². The maximum absolute atomic E-state index is 4.44. The van der Waals surface area contributed by atoms with E-state index in [9.17, 15) is 0 Å². The van der Waals surface area contributed by atoms with Gasteiger partial charge in [0.2, 0.25) is 0 Å². The van der Waals surface area contributed by atoms with Gasteiger partial charge < -0.3 is 4.90 Å². The molecule has 2 aliphatic rings. The summed E-state index contributed by atoms with van der Waals surface area (Å²) in [6, 6.07) is 6.94. The van der Waals surface area contributed by atoms with E-state index in [1.807, 2.05) is 12.3 Å². The Kier molecular flexibility index (Phi) is 3.35. The molecule has 1 saturated carbocycles. The van der Waals surface area contributed by atoms with E-state index in [0.717, 1.165) is 24.4 Å². The molecule has 1 saturated heterocycles. The third kappa shape index (κ3) is 2.57. The molecule has 2 atom stereocenters. The van der Waals surface area contributed by atoms with Crippen molar-refractivity contribution in [3.8, 4) is 0 Å². The zero-order valence-corrected chi connectivity index (χ0v) is 11.4. The first-order chi connectivity index (χ1) is 8.74. The van der Waals surface area contributed by atoms with Gasteiger partial charge in [-0.1, -0.05) is 6.07 Å². The van der Waals surface area contributed by atoms with Gasteiger partial charge in [-0.25, -0.2) is 0 Å². The van der Waals surface area contributed by atoms with Crippen LogP contribution in [-0.2, 0) is 6.54 Å². The molecule has 1 aliphatic carbocycles. The van der Waals surface area contributed by atoms with Crippen LogP contribution in [0.15, 0.2) is 24.4 Å². The first kappa shape index (κ1) is 12.1. The molecule has 1 aromatic heterocycles. The molecule has 0 spiro atoms. The largest absolute Gasteiger partial charge is 0.305 e. The second kappa shape index (κ2) is 4.98. The van der Waals surface area contributed by atoms with Gasteiger partial charge in [0, 0.05) is 31.9 Å². The molecule has 3 rings (SSSR count). The Morgan fingerprint density at radius 3 is 2.72 bits per heavy atom. The van der Waals surface area contributed by atoms with Crippen LogP contribution in [0.2, 0.25) is 0 Å². The minimum atomic E-state index is 0.737. The molecule has 98 valence electrons. The summed E-state index contributed by atoms with van der Waals surface area (Å²) in [7, 11) is 4.45. The molecule has 3 nitrogen and oxygen atoms in total. The van der Waals surface area contributed by atoms with Crippen molar-refractivity contribution in [2.75, 3.05) is 27.2 Å². The average molecular weight is 245 g/mol. The second-order valence-corrected chi connectivity index (χ2v) is 6.05. The highest BCUT2D eigenvalue weighted by atomic mass is 15.2. The number of aromatic nitrogens is 1. The Bertz CT molecular complexity index is 376. The Morgan fingerprint density at radius 1 is 1.28 bits per heavy atom. The van der Waals surface area contributed by atoms with Crippen molar-refractivity contribution in [2.45, 2.75) is 25.4 Å². The highest BCUT2D eigenvalue weighted by molar-refractivity contribution is 5.05. The number of hydrogen-bond donors (Lipinski definition) is 0. The van der Waals surface area contributed by atoms with E-state index in [1.54, 1.807) is 0 Å². The Balaban J connectivity index is 1.65. The normalized spacial score (nSPS) is 29.1. The molecule has 18 heavy (non-hydrogen) atoms. The fourth-order valence-electron chi connectivity index (χ4n) is 3.28. The van der Waals surface area contributed by atoms with Gasteiger partial charge in [0.25, 0.3) is 0 Å². The summed E-state index contributed by atoms with van der Waals surface area (Å²) in [4.78, 5) is 9.44. The van der Waals surface area contributed by atoms with Crippen LogP contribution in [0.5, 0.6) is 0 Å². The van der Waals surface area contributed by atoms with Gasteiger partial charge in [-0.15, -0.1) is 0 Å². The van der Waals surface area contributed by atoms with Crippen molar-refractivity contribution in [1.82, 2.24) is 14.8 Å². The summed E-state index contributed by atoms with van der Waals surface area (Å²) < 4.78 is 0. The van der Waals surface area contributed by atoms with Crippen LogP contribution >= 0.6 is 0 Å². The fourth-order valence-corrected chi connectivity index (χ4v) is 3.28. The van der Waals surface area contributed by atoms with Crippen molar-refractivity contribution >= 4 is 0 Å². The lowest BCUT2D eigenvalue weighted by atomic mass is 9.97. The van der Waals surface area contributed by atoms with E-state index < -0.39 is 0 Å². The smallest absolute Gasteiger partial charge is 0.0543 e. The molecule has 3 heteroatoms. The van der Waals surface area contributed by atoms with Gasteiger partial charge in [-0.2, -0.15) is 0 Å². The maximum Gasteiger partial charge on any atom is 0.0543 e. The van der Waals surface area contributed by atoms with Crippen molar-refractivity contribution in [3.63, 3.8) is 0 Å². The third-order valence-electron chi connectivity index (χ3n) is 4.41. The summed E-state index contributed by atoms with van der Waals surface area (Å²) in [5.41, 5.74) is 1.20. The quantitative estimate of drug-likeness (QED) is 0.807.